The Kier molecular flexibility index (Phi) is 2.48. The predicted octanol–water partition coefficient (Wildman–Crippen LogP) is 2.24. The summed E-state index contributed by atoms with van der Waals surface area (Å²) < 4.78 is 6.20. The van der Waals surface area contributed by atoms with Crippen LogP contribution in [0.1, 0.15) is 11.3 Å². The first kappa shape index (κ1) is 7.78. The molecule has 0 unspecified atom stereocenters. The van der Waals surface area contributed by atoms with Gasteiger partial charge in [0.1, 0.15) is 5.76 Å². The molecule has 0 fully saturated rings. The lowest BCUT2D eigenvalue weighted by Gasteiger charge is -1.83. The van der Waals surface area contributed by atoms with E-state index >= 15 is 0 Å². The van der Waals surface area contributed by atoms with Crippen LogP contribution < -0.4 is 0 Å². The summed E-state index contributed by atoms with van der Waals surface area (Å²) in [6.45, 7) is 2.00. The Bertz CT molecular complexity index is 252. The van der Waals surface area contributed by atoms with Gasteiger partial charge in [0, 0.05) is 7.05 Å². The van der Waals surface area contributed by atoms with Crippen molar-refractivity contribution in [3.63, 3.8) is 0 Å². The Morgan fingerprint density at radius 3 is 2.80 bits per heavy atom. The zero-order valence-corrected chi connectivity index (χ0v) is 8.05. The molecule has 0 aliphatic carbocycles. The molecule has 2 nitrogen and oxygen atoms in total. The van der Waals surface area contributed by atoms with Gasteiger partial charge in [-0.2, -0.15) is 0 Å². The van der Waals surface area contributed by atoms with Crippen molar-refractivity contribution in [2.45, 2.75) is 6.92 Å². The van der Waals surface area contributed by atoms with Crippen LogP contribution in [0, 0.1) is 10.7 Å². The first-order valence-corrected chi connectivity index (χ1v) is 4.00. The van der Waals surface area contributed by atoms with E-state index in [1.54, 1.807) is 13.3 Å². The molecule has 0 bridgehead atoms. The molecule has 0 saturated heterocycles. The zero-order valence-electron chi connectivity index (χ0n) is 5.89. The minimum Gasteiger partial charge on any atom is -0.449 e. The third-order valence-electron chi connectivity index (χ3n) is 1.17. The molecule has 0 aliphatic heterocycles. The second-order valence-corrected chi connectivity index (χ2v) is 3.05. The van der Waals surface area contributed by atoms with Gasteiger partial charge in [-0.1, -0.05) is 0 Å². The molecule has 1 rings (SSSR count). The largest absolute Gasteiger partial charge is 0.449 e. The molecule has 1 heterocycles. The fraction of sp³-hybridized carbons (Fsp3) is 0.286. The third-order valence-corrected chi connectivity index (χ3v) is 1.70. The average molecular weight is 249 g/mol. The molecule has 3 heteroatoms. The number of hydrogen-bond acceptors (Lipinski definition) is 2. The van der Waals surface area contributed by atoms with Crippen molar-refractivity contribution in [1.29, 1.82) is 0 Å². The van der Waals surface area contributed by atoms with Gasteiger partial charge in [-0.15, -0.1) is 0 Å². The van der Waals surface area contributed by atoms with E-state index in [1.807, 2.05) is 13.0 Å². The molecule has 0 aromatic carbocycles. The van der Waals surface area contributed by atoms with Gasteiger partial charge in [0.05, 0.1) is 6.21 Å². The molecule has 1 aromatic rings. The van der Waals surface area contributed by atoms with E-state index in [1.165, 1.54) is 0 Å². The van der Waals surface area contributed by atoms with Crippen LogP contribution in [0.3, 0.4) is 0 Å². The number of aryl methyl sites for hydroxylation is 1. The zero-order chi connectivity index (χ0) is 7.56. The molecule has 1 aromatic heterocycles. The third kappa shape index (κ3) is 1.59. The highest BCUT2D eigenvalue weighted by Gasteiger charge is 2.00. The molecule has 0 saturated carbocycles. The van der Waals surface area contributed by atoms with Gasteiger partial charge in [0.15, 0.2) is 3.77 Å². The Morgan fingerprint density at radius 2 is 2.40 bits per heavy atom. The minimum atomic E-state index is 0.854. The SMILES string of the molecule is C/N=C\c1oc(I)cc1C. The summed E-state index contributed by atoms with van der Waals surface area (Å²) in [6, 6.07) is 1.98. The summed E-state index contributed by atoms with van der Waals surface area (Å²) in [5, 5.41) is 0. The molecule has 0 amide bonds. The molecule has 0 atom stereocenters. The van der Waals surface area contributed by atoms with Gasteiger partial charge >= 0.3 is 0 Å². The fourth-order valence-corrected chi connectivity index (χ4v) is 1.41. The lowest BCUT2D eigenvalue weighted by atomic mass is 10.3. The summed E-state index contributed by atoms with van der Waals surface area (Å²) in [6.07, 6.45) is 1.72. The van der Waals surface area contributed by atoms with Crippen LogP contribution in [-0.4, -0.2) is 13.3 Å². The summed E-state index contributed by atoms with van der Waals surface area (Å²) in [5.41, 5.74) is 1.13. The van der Waals surface area contributed by atoms with Crippen molar-refractivity contribution in [3.05, 3.63) is 21.2 Å². The molecule has 0 aliphatic rings. The van der Waals surface area contributed by atoms with Crippen molar-refractivity contribution in [1.82, 2.24) is 0 Å². The second-order valence-electron chi connectivity index (χ2n) is 1.99. The number of furan rings is 1. The fourth-order valence-electron chi connectivity index (χ4n) is 0.702. The quantitative estimate of drug-likeness (QED) is 0.553. The van der Waals surface area contributed by atoms with E-state index in [4.69, 9.17) is 4.42 Å². The van der Waals surface area contributed by atoms with Gasteiger partial charge in [0.25, 0.3) is 0 Å². The number of nitrogens with zero attached hydrogens (tertiary/aromatic N) is 1. The lowest BCUT2D eigenvalue weighted by Crippen LogP contribution is -1.77. The van der Waals surface area contributed by atoms with Gasteiger partial charge in [-0.05, 0) is 41.1 Å². The first-order chi connectivity index (χ1) is 4.74. The Morgan fingerprint density at radius 1 is 1.70 bits per heavy atom. The van der Waals surface area contributed by atoms with Crippen molar-refractivity contribution >= 4 is 28.8 Å². The summed E-state index contributed by atoms with van der Waals surface area (Å²) in [5.74, 6) is 0.854. The number of rotatable bonds is 1. The van der Waals surface area contributed by atoms with E-state index in [9.17, 15) is 0 Å². The second kappa shape index (κ2) is 3.18. The maximum Gasteiger partial charge on any atom is 0.164 e. The van der Waals surface area contributed by atoms with Crippen LogP contribution in [-0.2, 0) is 0 Å². The topological polar surface area (TPSA) is 25.5 Å². The van der Waals surface area contributed by atoms with E-state index in [0.717, 1.165) is 15.1 Å². The van der Waals surface area contributed by atoms with Crippen molar-refractivity contribution in [2.24, 2.45) is 4.99 Å². The molecule has 0 N–H and O–H groups in total. The van der Waals surface area contributed by atoms with Crippen molar-refractivity contribution in [3.8, 4) is 0 Å². The highest BCUT2D eigenvalue weighted by Crippen LogP contribution is 2.13. The lowest BCUT2D eigenvalue weighted by molar-refractivity contribution is 0.530. The first-order valence-electron chi connectivity index (χ1n) is 2.92. The van der Waals surface area contributed by atoms with Crippen molar-refractivity contribution < 1.29 is 4.42 Å². The number of aliphatic imine (C=N–C) groups is 1. The van der Waals surface area contributed by atoms with E-state index < -0.39 is 0 Å². The molecular formula is C7H8INO. The number of halogens is 1. The molecule has 0 spiro atoms. The van der Waals surface area contributed by atoms with Gasteiger partial charge in [-0.25, -0.2) is 0 Å². The van der Waals surface area contributed by atoms with Crippen LogP contribution in [0.2, 0.25) is 0 Å². The standard InChI is InChI=1S/C7H8INO/c1-5-3-7(8)10-6(5)4-9-2/h3-4H,1-2H3/b9-4-. The smallest absolute Gasteiger partial charge is 0.164 e. The Hall–Kier alpha value is -0.320. The van der Waals surface area contributed by atoms with E-state index in [-0.39, 0.29) is 0 Å². The monoisotopic (exact) mass is 249 g/mol. The van der Waals surface area contributed by atoms with Crippen LogP contribution in [0.15, 0.2) is 15.5 Å². The maximum atomic E-state index is 5.29. The van der Waals surface area contributed by atoms with E-state index in [0.29, 0.717) is 0 Å². The summed E-state index contributed by atoms with van der Waals surface area (Å²) >= 11 is 2.14. The highest BCUT2D eigenvalue weighted by molar-refractivity contribution is 14.1. The normalized spacial score (nSPS) is 11.1. The Labute approximate surface area is 73.5 Å². The van der Waals surface area contributed by atoms with Crippen molar-refractivity contribution in [2.75, 3.05) is 7.05 Å². The van der Waals surface area contributed by atoms with Crippen LogP contribution in [0.4, 0.5) is 0 Å². The van der Waals surface area contributed by atoms with Crippen LogP contribution in [0.25, 0.3) is 0 Å². The predicted molar refractivity (Wildman–Crippen MR) is 49.7 cm³/mol. The maximum absolute atomic E-state index is 5.29. The van der Waals surface area contributed by atoms with Crippen LogP contribution >= 0.6 is 22.6 Å². The van der Waals surface area contributed by atoms with Gasteiger partial charge < -0.3 is 4.42 Å². The molecule has 0 radical (unpaired) electrons. The summed E-state index contributed by atoms with van der Waals surface area (Å²) in [7, 11) is 1.73. The molecular weight excluding hydrogens is 241 g/mol. The highest BCUT2D eigenvalue weighted by atomic mass is 127. The summed E-state index contributed by atoms with van der Waals surface area (Å²) in [4.78, 5) is 3.86. The average Bonchev–Trinajstić information content (AvgIpc) is 2.13. The van der Waals surface area contributed by atoms with E-state index in [2.05, 4.69) is 27.6 Å². The van der Waals surface area contributed by atoms with Gasteiger partial charge in [0.2, 0.25) is 0 Å². The molecule has 54 valence electrons. The molecule has 10 heavy (non-hydrogen) atoms. The van der Waals surface area contributed by atoms with Gasteiger partial charge in [-0.3, -0.25) is 4.99 Å². The minimum absolute atomic E-state index is 0.854. The number of hydrogen-bond donors (Lipinski definition) is 0. The Balaban J connectivity index is 3.03. The van der Waals surface area contributed by atoms with Crippen LogP contribution in [0.5, 0.6) is 0 Å².